The van der Waals surface area contributed by atoms with E-state index in [0.717, 1.165) is 7.11 Å². The molecule has 1 fully saturated rings. The van der Waals surface area contributed by atoms with Crippen LogP contribution in [-0.2, 0) is 23.4 Å². The summed E-state index contributed by atoms with van der Waals surface area (Å²) in [6.07, 6.45) is -5.12. The van der Waals surface area contributed by atoms with Crippen LogP contribution in [0.3, 0.4) is 0 Å². The van der Waals surface area contributed by atoms with Crippen LogP contribution >= 0.6 is 7.82 Å². The summed E-state index contributed by atoms with van der Waals surface area (Å²) in [6, 6.07) is 0. The van der Waals surface area contributed by atoms with Gasteiger partial charge in [-0.05, 0) is 6.08 Å². The van der Waals surface area contributed by atoms with Crippen LogP contribution in [0.4, 0.5) is 0 Å². The minimum Gasteiger partial charge on any atom is -0.780 e. The fourth-order valence-corrected chi connectivity index (χ4v) is 1.86. The average Bonchev–Trinajstić information content (AvgIpc) is 2.51. The number of phosphoric acid groups is 1. The number of phosphoric ester groups is 1. The molecule has 22 heavy (non-hydrogen) atoms. The van der Waals surface area contributed by atoms with Gasteiger partial charge in [-0.25, -0.2) is 0 Å². The number of aliphatic hydroxyl groups is 2. The van der Waals surface area contributed by atoms with E-state index in [-0.39, 0.29) is 154 Å². The summed E-state index contributed by atoms with van der Waals surface area (Å²) in [5, 5.41) is 29.2. The number of carboxylic acids is 1. The van der Waals surface area contributed by atoms with E-state index in [9.17, 15) is 34.5 Å². The minimum atomic E-state index is -5.60. The van der Waals surface area contributed by atoms with Crippen molar-refractivity contribution in [2.75, 3.05) is 7.11 Å². The predicted molar refractivity (Wildman–Crippen MR) is 49.5 cm³/mol. The molecule has 0 aliphatic carbocycles. The first-order chi connectivity index (χ1) is 8.65. The second-order valence-corrected chi connectivity index (χ2v) is 4.62. The maximum Gasteiger partial charge on any atom is 1.00 e. The summed E-state index contributed by atoms with van der Waals surface area (Å²) in [5.41, 5.74) is 0. The van der Waals surface area contributed by atoms with Crippen LogP contribution in [0.1, 0.15) is 0 Å². The SMILES string of the molecule is CO[C@H]1[C@@H](/C=C(\OP(=O)([O-])[O-])C(=O)[O-])OC(O)[C@@H]1O.[K+].[K+].[K+]. The average molecular weight is 414 g/mol. The number of methoxy groups -OCH3 is 1. The smallest absolute Gasteiger partial charge is 0.780 e. The molecule has 1 unspecified atom stereocenters. The Labute approximate surface area is 253 Å². The number of aliphatic carboxylic acids is 1. The zero-order valence-electron chi connectivity index (χ0n) is 12.5. The van der Waals surface area contributed by atoms with Crippen molar-refractivity contribution in [3.05, 3.63) is 11.8 Å². The molecule has 10 nitrogen and oxygen atoms in total. The number of aliphatic hydroxyl groups excluding tert-OH is 2. The predicted octanol–water partition coefficient (Wildman–Crippen LogP) is -13.4. The molecule has 1 saturated heterocycles. The molecule has 1 aliphatic rings. The van der Waals surface area contributed by atoms with E-state index < -0.39 is 44.2 Å². The van der Waals surface area contributed by atoms with Gasteiger partial charge in [-0.1, -0.05) is 0 Å². The zero-order valence-corrected chi connectivity index (χ0v) is 22.8. The molecule has 0 radical (unpaired) electrons. The van der Waals surface area contributed by atoms with Gasteiger partial charge < -0.3 is 48.5 Å². The molecule has 4 atom stereocenters. The van der Waals surface area contributed by atoms with E-state index in [1.807, 2.05) is 0 Å². The summed E-state index contributed by atoms with van der Waals surface area (Å²) in [6.45, 7) is 0. The van der Waals surface area contributed by atoms with E-state index in [0.29, 0.717) is 6.08 Å². The monoisotopic (exact) mass is 414 g/mol. The first kappa shape index (κ1) is 30.6. The van der Waals surface area contributed by atoms with Gasteiger partial charge in [0, 0.05) is 7.11 Å². The van der Waals surface area contributed by atoms with Crippen molar-refractivity contribution < 1.29 is 203 Å². The van der Waals surface area contributed by atoms with Gasteiger partial charge in [0.15, 0.2) is 6.29 Å². The summed E-state index contributed by atoms with van der Waals surface area (Å²) in [5.74, 6) is -3.40. The van der Waals surface area contributed by atoms with Crippen molar-refractivity contribution in [3.8, 4) is 0 Å². The second-order valence-electron chi connectivity index (χ2n) is 3.54. The van der Waals surface area contributed by atoms with E-state index in [4.69, 9.17) is 9.47 Å². The van der Waals surface area contributed by atoms with Crippen LogP contribution in [0.5, 0.6) is 0 Å². The van der Waals surface area contributed by atoms with Gasteiger partial charge in [0.05, 0.1) is 0 Å². The van der Waals surface area contributed by atoms with E-state index in [2.05, 4.69) is 4.52 Å². The van der Waals surface area contributed by atoms with Gasteiger partial charge in [0.25, 0.3) is 0 Å². The number of ether oxygens (including phenoxy) is 2. The van der Waals surface area contributed by atoms with E-state index >= 15 is 0 Å². The van der Waals surface area contributed by atoms with Crippen LogP contribution in [0.25, 0.3) is 0 Å². The maximum atomic E-state index is 10.6. The third kappa shape index (κ3) is 10.3. The fraction of sp³-hybridized carbons (Fsp3) is 0.625. The third-order valence-corrected chi connectivity index (χ3v) is 2.67. The number of rotatable bonds is 5. The van der Waals surface area contributed by atoms with Crippen molar-refractivity contribution in [2.24, 2.45) is 0 Å². The molecule has 0 bridgehead atoms. The molecule has 2 N–H and O–H groups in total. The second kappa shape index (κ2) is 14.0. The van der Waals surface area contributed by atoms with E-state index in [1.165, 1.54) is 0 Å². The van der Waals surface area contributed by atoms with Crippen LogP contribution in [0.15, 0.2) is 11.8 Å². The third-order valence-electron chi connectivity index (χ3n) is 2.25. The topological polar surface area (TPSA) is 171 Å². The summed E-state index contributed by atoms with van der Waals surface area (Å²) in [4.78, 5) is 31.3. The molecule has 110 valence electrons. The number of hydrogen-bond acceptors (Lipinski definition) is 10. The van der Waals surface area contributed by atoms with Crippen molar-refractivity contribution >= 4 is 13.8 Å². The molecule has 0 saturated carbocycles. The Balaban J connectivity index is -0.00000120. The molecule has 1 aliphatic heterocycles. The Morgan fingerprint density at radius 1 is 1.27 bits per heavy atom. The van der Waals surface area contributed by atoms with Crippen LogP contribution < -0.4 is 169 Å². The Hall–Kier alpha value is 3.91. The number of carbonyl (C=O) groups excluding carboxylic acids is 1. The van der Waals surface area contributed by atoms with Gasteiger partial charge in [-0.3, -0.25) is 0 Å². The van der Waals surface area contributed by atoms with Gasteiger partial charge in [0.1, 0.15) is 37.9 Å². The fourth-order valence-electron chi connectivity index (χ4n) is 1.49. The minimum absolute atomic E-state index is 0. The van der Waals surface area contributed by atoms with Crippen molar-refractivity contribution in [1.82, 2.24) is 0 Å². The Morgan fingerprint density at radius 3 is 2.14 bits per heavy atom. The van der Waals surface area contributed by atoms with Crippen molar-refractivity contribution in [2.45, 2.75) is 24.6 Å². The molecule has 0 aromatic rings. The van der Waals surface area contributed by atoms with E-state index in [1.54, 1.807) is 0 Å². The molecule has 14 heteroatoms. The Bertz CT molecular complexity index is 426. The number of carbonyl (C=O) groups is 1. The quantitative estimate of drug-likeness (QED) is 0.190. The van der Waals surface area contributed by atoms with Crippen LogP contribution in [0, 0.1) is 0 Å². The van der Waals surface area contributed by atoms with Crippen LogP contribution in [-0.4, -0.2) is 47.9 Å². The first-order valence-electron chi connectivity index (χ1n) is 4.85. The Morgan fingerprint density at radius 2 is 1.77 bits per heavy atom. The summed E-state index contributed by atoms with van der Waals surface area (Å²) >= 11 is 0. The number of carboxylic acid groups (broad SMARTS) is 1. The largest absolute Gasteiger partial charge is 1.00 e. The first-order valence-corrected chi connectivity index (χ1v) is 6.31. The summed E-state index contributed by atoms with van der Waals surface area (Å²) in [7, 11) is -4.46. The summed E-state index contributed by atoms with van der Waals surface area (Å²) < 4.78 is 23.5. The molecule has 1 rings (SSSR count). The van der Waals surface area contributed by atoms with Gasteiger partial charge >= 0.3 is 154 Å². The molecule has 1 heterocycles. The molecule has 0 aromatic carbocycles. The Kier molecular flexibility index (Phi) is 19.5. The van der Waals surface area contributed by atoms with Gasteiger partial charge in [-0.2, -0.15) is 0 Å². The molecular formula is C8H10K3O10P. The van der Waals surface area contributed by atoms with Gasteiger partial charge in [-0.15, -0.1) is 0 Å². The van der Waals surface area contributed by atoms with Gasteiger partial charge in [0.2, 0.25) is 0 Å². The van der Waals surface area contributed by atoms with Crippen LogP contribution in [0.2, 0.25) is 0 Å². The van der Waals surface area contributed by atoms with Crippen molar-refractivity contribution in [1.29, 1.82) is 0 Å². The molecule has 0 spiro atoms. The molecule has 0 amide bonds. The molecule has 0 aromatic heterocycles. The zero-order chi connectivity index (χ0) is 14.8. The maximum absolute atomic E-state index is 10.6. The number of hydrogen-bond donors (Lipinski definition) is 2. The normalized spacial score (nSPS) is 28.0. The molecular weight excluding hydrogens is 404 g/mol. The standard InChI is InChI=1S/C8H13O10P.3K/c1-16-6-3(17-8(12)5(6)9)2-4(7(10)11)18-19(13,14)15;;;/h2-3,5-6,8-9,12H,1H3,(H,10,11)(H2,13,14,15);;;/q;3*+1/p-3/b4-2-;;;/t3-,5-,6+,8?;;;/m1.../s1. The van der Waals surface area contributed by atoms with Crippen molar-refractivity contribution in [3.63, 3.8) is 0 Å².